The molecule has 1 nitrogen and oxygen atoms in total. The third-order valence-electron chi connectivity index (χ3n) is 2.34. The summed E-state index contributed by atoms with van der Waals surface area (Å²) >= 11 is 0. The topological polar surface area (TPSA) is 20.2 Å². The van der Waals surface area contributed by atoms with Gasteiger partial charge in [0.05, 0.1) is 6.10 Å². The van der Waals surface area contributed by atoms with E-state index < -0.39 is 0 Å². The summed E-state index contributed by atoms with van der Waals surface area (Å²) in [5, 5.41) is 9.70. The summed E-state index contributed by atoms with van der Waals surface area (Å²) in [6.07, 6.45) is 5.60. The average molecular weight is 198 g/mol. The predicted octanol–water partition coefficient (Wildman–Crippen LogP) is 3.78. The molecule has 0 saturated heterocycles. The maximum Gasteiger partial charge on any atom is 0.0545 e. The Balaban J connectivity index is 3.70. The van der Waals surface area contributed by atoms with Gasteiger partial charge in [-0.15, -0.1) is 6.58 Å². The second kappa shape index (κ2) is 6.23. The van der Waals surface area contributed by atoms with Gasteiger partial charge in [0.1, 0.15) is 0 Å². The molecule has 1 heteroatoms. The Morgan fingerprint density at radius 1 is 1.36 bits per heavy atom. The predicted molar refractivity (Wildman–Crippen MR) is 63.3 cm³/mol. The highest BCUT2D eigenvalue weighted by molar-refractivity contribution is 4.73. The van der Waals surface area contributed by atoms with E-state index in [1.54, 1.807) is 0 Å². The number of rotatable bonds is 6. The van der Waals surface area contributed by atoms with E-state index in [2.05, 4.69) is 34.3 Å². The molecule has 0 rings (SSSR count). The van der Waals surface area contributed by atoms with Gasteiger partial charge in [-0.3, -0.25) is 0 Å². The van der Waals surface area contributed by atoms with E-state index in [0.29, 0.717) is 11.3 Å². The average Bonchev–Trinajstić information content (AvgIpc) is 1.96. The van der Waals surface area contributed by atoms with Crippen molar-refractivity contribution in [3.8, 4) is 0 Å². The van der Waals surface area contributed by atoms with Crippen molar-refractivity contribution in [3.05, 3.63) is 12.7 Å². The summed E-state index contributed by atoms with van der Waals surface area (Å²) in [5.41, 5.74) is 0.373. The van der Waals surface area contributed by atoms with Crippen LogP contribution in [0.2, 0.25) is 0 Å². The molecule has 0 aliphatic heterocycles. The van der Waals surface area contributed by atoms with Gasteiger partial charge in [-0.1, -0.05) is 33.8 Å². The van der Waals surface area contributed by atoms with E-state index in [1.165, 1.54) is 6.42 Å². The molecular weight excluding hydrogens is 172 g/mol. The van der Waals surface area contributed by atoms with Crippen LogP contribution in [0.15, 0.2) is 12.7 Å². The molecule has 0 aromatic carbocycles. The van der Waals surface area contributed by atoms with Gasteiger partial charge in [-0.25, -0.2) is 0 Å². The maximum absolute atomic E-state index is 9.70. The van der Waals surface area contributed by atoms with Crippen molar-refractivity contribution in [1.29, 1.82) is 0 Å². The van der Waals surface area contributed by atoms with Crippen LogP contribution in [0.5, 0.6) is 0 Å². The number of aliphatic hydroxyl groups excluding tert-OH is 1. The summed E-state index contributed by atoms with van der Waals surface area (Å²) < 4.78 is 0. The van der Waals surface area contributed by atoms with Gasteiger partial charge in [0.2, 0.25) is 0 Å². The van der Waals surface area contributed by atoms with E-state index in [0.717, 1.165) is 19.3 Å². The zero-order chi connectivity index (χ0) is 11.2. The van der Waals surface area contributed by atoms with E-state index in [4.69, 9.17) is 0 Å². The first-order valence-corrected chi connectivity index (χ1v) is 5.64. The highest BCUT2D eigenvalue weighted by atomic mass is 16.3. The molecule has 0 bridgehead atoms. The van der Waals surface area contributed by atoms with E-state index >= 15 is 0 Å². The van der Waals surface area contributed by atoms with Gasteiger partial charge in [-0.2, -0.15) is 0 Å². The third-order valence-corrected chi connectivity index (χ3v) is 2.34. The van der Waals surface area contributed by atoms with Crippen molar-refractivity contribution in [2.45, 2.75) is 59.5 Å². The molecule has 0 amide bonds. The van der Waals surface area contributed by atoms with E-state index in [-0.39, 0.29) is 6.10 Å². The number of hydrogen-bond acceptors (Lipinski definition) is 1. The lowest BCUT2D eigenvalue weighted by molar-refractivity contribution is 0.125. The minimum atomic E-state index is -0.148. The van der Waals surface area contributed by atoms with Crippen LogP contribution in [-0.4, -0.2) is 11.2 Å². The number of aliphatic hydroxyl groups is 1. The van der Waals surface area contributed by atoms with Crippen molar-refractivity contribution in [1.82, 2.24) is 0 Å². The smallest absolute Gasteiger partial charge is 0.0545 e. The lowest BCUT2D eigenvalue weighted by Crippen LogP contribution is -2.16. The first kappa shape index (κ1) is 13.7. The quantitative estimate of drug-likeness (QED) is 0.644. The van der Waals surface area contributed by atoms with Crippen LogP contribution < -0.4 is 0 Å². The van der Waals surface area contributed by atoms with Gasteiger partial charge < -0.3 is 5.11 Å². The van der Waals surface area contributed by atoms with Crippen molar-refractivity contribution in [3.63, 3.8) is 0 Å². The van der Waals surface area contributed by atoms with Crippen LogP contribution in [0.4, 0.5) is 0 Å². The summed E-state index contributed by atoms with van der Waals surface area (Å²) in [6.45, 7) is 12.6. The molecule has 1 N–H and O–H groups in total. The molecule has 0 aliphatic rings. The molecular formula is C13H26O. The van der Waals surface area contributed by atoms with Gasteiger partial charge >= 0.3 is 0 Å². The zero-order valence-corrected chi connectivity index (χ0v) is 10.2. The molecule has 14 heavy (non-hydrogen) atoms. The lowest BCUT2D eigenvalue weighted by atomic mass is 9.83. The Kier molecular flexibility index (Phi) is 6.10. The molecule has 0 radical (unpaired) electrons. The van der Waals surface area contributed by atoms with Crippen LogP contribution in [0.1, 0.15) is 53.4 Å². The molecule has 0 aromatic rings. The second-order valence-corrected chi connectivity index (χ2v) is 5.63. The Labute approximate surface area is 89.2 Å². The SMILES string of the molecule is C=CCCC(O)CC(C)CC(C)(C)C. The highest BCUT2D eigenvalue weighted by Gasteiger charge is 2.17. The Morgan fingerprint density at radius 3 is 2.36 bits per heavy atom. The summed E-state index contributed by atoms with van der Waals surface area (Å²) in [4.78, 5) is 0. The molecule has 0 fully saturated rings. The minimum absolute atomic E-state index is 0.148. The van der Waals surface area contributed by atoms with Gasteiger partial charge in [0.15, 0.2) is 0 Å². The summed E-state index contributed by atoms with van der Waals surface area (Å²) in [5.74, 6) is 0.606. The van der Waals surface area contributed by atoms with Crippen molar-refractivity contribution >= 4 is 0 Å². The third kappa shape index (κ3) is 8.31. The molecule has 84 valence electrons. The fourth-order valence-electron chi connectivity index (χ4n) is 2.02. The molecule has 0 saturated carbocycles. The van der Waals surface area contributed by atoms with Crippen LogP contribution in [-0.2, 0) is 0 Å². The second-order valence-electron chi connectivity index (χ2n) is 5.63. The minimum Gasteiger partial charge on any atom is -0.393 e. The number of allylic oxidation sites excluding steroid dienone is 1. The Hall–Kier alpha value is -0.300. The van der Waals surface area contributed by atoms with Crippen LogP contribution in [0, 0.1) is 11.3 Å². The molecule has 2 unspecified atom stereocenters. The number of hydrogen-bond donors (Lipinski definition) is 1. The highest BCUT2D eigenvalue weighted by Crippen LogP contribution is 2.27. The van der Waals surface area contributed by atoms with Gasteiger partial charge in [0, 0.05) is 0 Å². The lowest BCUT2D eigenvalue weighted by Gasteiger charge is -2.24. The standard InChI is InChI=1S/C13H26O/c1-6-7-8-12(14)9-11(2)10-13(3,4)5/h6,11-12,14H,1,7-10H2,2-5H3. The van der Waals surface area contributed by atoms with Crippen molar-refractivity contribution in [2.24, 2.45) is 11.3 Å². The Bertz CT molecular complexity index is 155. The van der Waals surface area contributed by atoms with E-state index in [9.17, 15) is 5.11 Å². The largest absolute Gasteiger partial charge is 0.393 e. The van der Waals surface area contributed by atoms with Gasteiger partial charge in [0.25, 0.3) is 0 Å². The van der Waals surface area contributed by atoms with Crippen LogP contribution >= 0.6 is 0 Å². The van der Waals surface area contributed by atoms with E-state index in [1.807, 2.05) is 6.08 Å². The zero-order valence-electron chi connectivity index (χ0n) is 10.2. The maximum atomic E-state index is 9.70. The monoisotopic (exact) mass is 198 g/mol. The van der Waals surface area contributed by atoms with Crippen molar-refractivity contribution < 1.29 is 5.11 Å². The molecule has 2 atom stereocenters. The summed E-state index contributed by atoms with van der Waals surface area (Å²) in [7, 11) is 0. The van der Waals surface area contributed by atoms with Crippen LogP contribution in [0.3, 0.4) is 0 Å². The summed E-state index contributed by atoms with van der Waals surface area (Å²) in [6, 6.07) is 0. The normalized spacial score (nSPS) is 16.4. The molecule has 0 heterocycles. The first-order valence-electron chi connectivity index (χ1n) is 5.64. The fourth-order valence-corrected chi connectivity index (χ4v) is 2.02. The first-order chi connectivity index (χ1) is 6.35. The molecule has 0 spiro atoms. The fraction of sp³-hybridized carbons (Fsp3) is 0.846. The molecule has 0 aromatic heterocycles. The van der Waals surface area contributed by atoms with Crippen LogP contribution in [0.25, 0.3) is 0 Å². The van der Waals surface area contributed by atoms with Crippen molar-refractivity contribution in [2.75, 3.05) is 0 Å². The van der Waals surface area contributed by atoms with Gasteiger partial charge in [-0.05, 0) is 37.0 Å². The Morgan fingerprint density at radius 2 is 1.93 bits per heavy atom. The molecule has 0 aliphatic carbocycles.